The van der Waals surface area contributed by atoms with Gasteiger partial charge in [0.1, 0.15) is 0 Å². The van der Waals surface area contributed by atoms with Gasteiger partial charge in [0.25, 0.3) is 0 Å². The molecule has 0 spiro atoms. The lowest BCUT2D eigenvalue weighted by Crippen LogP contribution is -2.56. The Bertz CT molecular complexity index is 736. The van der Waals surface area contributed by atoms with Gasteiger partial charge < -0.3 is 10.4 Å². The molecule has 3 saturated heterocycles. The van der Waals surface area contributed by atoms with Crippen LogP contribution in [0.25, 0.3) is 10.9 Å². The average Bonchev–Trinajstić information content (AvgIpc) is 3.09. The van der Waals surface area contributed by atoms with Gasteiger partial charge in [-0.25, -0.2) is 0 Å². The minimum absolute atomic E-state index is 0.305. The standard InChI is InChI=1S/C17H20N4/c1-10-14(12-4-2-3-5-13(12)18-10)16-17-15(19-20-16)11-6-8-21(17)9-7-11/h2-5,11,16-18,20H,6-9H2,1H3. The van der Waals surface area contributed by atoms with Crippen molar-refractivity contribution in [2.24, 2.45) is 11.0 Å². The van der Waals surface area contributed by atoms with Crippen molar-refractivity contribution in [2.45, 2.75) is 31.8 Å². The quantitative estimate of drug-likeness (QED) is 0.843. The Labute approximate surface area is 124 Å². The molecule has 4 heteroatoms. The van der Waals surface area contributed by atoms with Crippen LogP contribution in [0.15, 0.2) is 29.4 Å². The summed E-state index contributed by atoms with van der Waals surface area (Å²) in [5, 5.41) is 6.08. The van der Waals surface area contributed by atoms with Gasteiger partial charge in [0.2, 0.25) is 0 Å². The Morgan fingerprint density at radius 1 is 1.19 bits per heavy atom. The molecule has 2 aromatic rings. The van der Waals surface area contributed by atoms with Crippen molar-refractivity contribution < 1.29 is 0 Å². The second-order valence-corrected chi connectivity index (χ2v) is 6.61. The lowest BCUT2D eigenvalue weighted by molar-refractivity contribution is 0.134. The number of aromatic amines is 1. The number of nitrogens with zero attached hydrogens (tertiary/aromatic N) is 2. The number of fused-ring (bicyclic) bond motifs is 3. The highest BCUT2D eigenvalue weighted by atomic mass is 15.4. The highest BCUT2D eigenvalue weighted by Gasteiger charge is 2.47. The van der Waals surface area contributed by atoms with Gasteiger partial charge in [0.05, 0.1) is 17.8 Å². The largest absolute Gasteiger partial charge is 0.358 e. The third kappa shape index (κ3) is 1.51. The maximum Gasteiger partial charge on any atom is 0.0922 e. The summed E-state index contributed by atoms with van der Waals surface area (Å²) in [5.74, 6) is 0.711. The van der Waals surface area contributed by atoms with E-state index in [1.807, 2.05) is 0 Å². The molecular weight excluding hydrogens is 260 g/mol. The summed E-state index contributed by atoms with van der Waals surface area (Å²) in [5.41, 5.74) is 8.77. The number of hydrazone groups is 1. The summed E-state index contributed by atoms with van der Waals surface area (Å²) in [6.07, 6.45) is 2.58. The summed E-state index contributed by atoms with van der Waals surface area (Å²) in [7, 11) is 0. The molecule has 0 amide bonds. The highest BCUT2D eigenvalue weighted by Crippen LogP contribution is 2.41. The number of aromatic nitrogens is 1. The van der Waals surface area contributed by atoms with Crippen LogP contribution in [-0.4, -0.2) is 34.7 Å². The first-order valence-electron chi connectivity index (χ1n) is 7.97. The zero-order valence-electron chi connectivity index (χ0n) is 12.3. The van der Waals surface area contributed by atoms with E-state index < -0.39 is 0 Å². The summed E-state index contributed by atoms with van der Waals surface area (Å²) >= 11 is 0. The van der Waals surface area contributed by atoms with E-state index in [0.717, 1.165) is 0 Å². The van der Waals surface area contributed by atoms with Crippen LogP contribution in [0.5, 0.6) is 0 Å². The van der Waals surface area contributed by atoms with Gasteiger partial charge in [0, 0.05) is 28.1 Å². The molecule has 4 aliphatic heterocycles. The van der Waals surface area contributed by atoms with E-state index in [9.17, 15) is 0 Å². The smallest absolute Gasteiger partial charge is 0.0922 e. The minimum Gasteiger partial charge on any atom is -0.358 e. The van der Waals surface area contributed by atoms with Crippen molar-refractivity contribution in [1.29, 1.82) is 0 Å². The second-order valence-electron chi connectivity index (χ2n) is 6.61. The summed E-state index contributed by atoms with van der Waals surface area (Å²) < 4.78 is 0. The van der Waals surface area contributed by atoms with Crippen molar-refractivity contribution in [3.63, 3.8) is 0 Å². The molecule has 4 nitrogen and oxygen atoms in total. The zero-order chi connectivity index (χ0) is 14.0. The molecule has 1 aromatic carbocycles. The molecule has 0 saturated carbocycles. The number of nitrogens with one attached hydrogen (secondary N) is 2. The van der Waals surface area contributed by atoms with Crippen LogP contribution in [0.4, 0.5) is 0 Å². The fourth-order valence-corrected chi connectivity index (χ4v) is 4.58. The molecule has 0 radical (unpaired) electrons. The molecule has 2 unspecified atom stereocenters. The maximum atomic E-state index is 4.74. The van der Waals surface area contributed by atoms with Gasteiger partial charge in [-0.1, -0.05) is 18.2 Å². The molecule has 21 heavy (non-hydrogen) atoms. The molecule has 108 valence electrons. The van der Waals surface area contributed by atoms with E-state index in [1.54, 1.807) is 0 Å². The molecule has 2 N–H and O–H groups in total. The number of benzene rings is 1. The molecule has 4 aliphatic rings. The van der Waals surface area contributed by atoms with E-state index in [4.69, 9.17) is 5.10 Å². The number of H-pyrrole nitrogens is 1. The first-order chi connectivity index (χ1) is 10.3. The zero-order valence-corrected chi connectivity index (χ0v) is 12.3. The number of rotatable bonds is 1. The second kappa shape index (κ2) is 4.10. The van der Waals surface area contributed by atoms with Gasteiger partial charge in [0.15, 0.2) is 0 Å². The highest BCUT2D eigenvalue weighted by molar-refractivity contribution is 5.96. The van der Waals surface area contributed by atoms with Crippen LogP contribution in [-0.2, 0) is 0 Å². The van der Waals surface area contributed by atoms with E-state index in [-0.39, 0.29) is 0 Å². The lowest BCUT2D eigenvalue weighted by atomic mass is 9.78. The predicted octanol–water partition coefficient (Wildman–Crippen LogP) is 2.57. The van der Waals surface area contributed by atoms with Crippen molar-refractivity contribution in [3.8, 4) is 0 Å². The van der Waals surface area contributed by atoms with Gasteiger partial charge in [-0.05, 0) is 38.9 Å². The Kier molecular flexibility index (Phi) is 2.31. The van der Waals surface area contributed by atoms with Crippen LogP contribution in [0, 0.1) is 12.8 Å². The first kappa shape index (κ1) is 11.8. The Balaban J connectivity index is 1.63. The normalized spacial score (nSPS) is 33.9. The first-order valence-corrected chi connectivity index (χ1v) is 7.97. The summed E-state index contributed by atoms with van der Waals surface area (Å²) in [6.45, 7) is 4.65. The summed E-state index contributed by atoms with van der Waals surface area (Å²) in [4.78, 5) is 6.16. The predicted molar refractivity (Wildman–Crippen MR) is 84.4 cm³/mol. The third-order valence-electron chi connectivity index (χ3n) is 5.55. The van der Waals surface area contributed by atoms with Crippen molar-refractivity contribution in [2.75, 3.05) is 13.1 Å². The Morgan fingerprint density at radius 3 is 2.86 bits per heavy atom. The van der Waals surface area contributed by atoms with Crippen LogP contribution in [0.2, 0.25) is 0 Å². The molecule has 1 aromatic heterocycles. The Hall–Kier alpha value is -1.81. The number of piperidine rings is 3. The molecule has 6 rings (SSSR count). The third-order valence-corrected chi connectivity index (χ3v) is 5.55. The number of hydrogen-bond acceptors (Lipinski definition) is 3. The van der Waals surface area contributed by atoms with Crippen molar-refractivity contribution >= 4 is 16.6 Å². The monoisotopic (exact) mass is 280 g/mol. The summed E-state index contributed by atoms with van der Waals surface area (Å²) in [6, 6.07) is 9.39. The van der Waals surface area contributed by atoms with Gasteiger partial charge in [-0.2, -0.15) is 5.10 Å². The number of para-hydroxylation sites is 1. The fraction of sp³-hybridized carbons (Fsp3) is 0.471. The molecule has 3 fully saturated rings. The minimum atomic E-state index is 0.305. The van der Waals surface area contributed by atoms with Crippen LogP contribution in [0.1, 0.15) is 30.1 Å². The van der Waals surface area contributed by atoms with Crippen LogP contribution in [0.3, 0.4) is 0 Å². The van der Waals surface area contributed by atoms with Crippen LogP contribution >= 0.6 is 0 Å². The average molecular weight is 280 g/mol. The molecule has 2 atom stereocenters. The Morgan fingerprint density at radius 2 is 2.00 bits per heavy atom. The van der Waals surface area contributed by atoms with Gasteiger partial charge >= 0.3 is 0 Å². The number of hydrogen-bond donors (Lipinski definition) is 2. The van der Waals surface area contributed by atoms with Gasteiger partial charge in [-0.3, -0.25) is 4.90 Å². The topological polar surface area (TPSA) is 43.4 Å². The SMILES string of the molecule is Cc1[nH]c2ccccc2c1C1NN=C2C3CCN(CC3)C21. The molecular formula is C17H20N4. The van der Waals surface area contributed by atoms with Crippen LogP contribution < -0.4 is 5.43 Å². The fourth-order valence-electron chi connectivity index (χ4n) is 4.58. The van der Waals surface area contributed by atoms with E-state index in [1.165, 1.54) is 53.8 Å². The van der Waals surface area contributed by atoms with E-state index in [2.05, 4.69) is 46.5 Å². The molecule has 2 bridgehead atoms. The van der Waals surface area contributed by atoms with E-state index >= 15 is 0 Å². The van der Waals surface area contributed by atoms with Gasteiger partial charge in [-0.15, -0.1) is 0 Å². The molecule has 5 heterocycles. The molecule has 0 aliphatic carbocycles. The lowest BCUT2D eigenvalue weighted by Gasteiger charge is -2.45. The van der Waals surface area contributed by atoms with Crippen molar-refractivity contribution in [3.05, 3.63) is 35.5 Å². The van der Waals surface area contributed by atoms with E-state index in [0.29, 0.717) is 18.0 Å². The van der Waals surface area contributed by atoms with Crippen molar-refractivity contribution in [1.82, 2.24) is 15.3 Å². The maximum absolute atomic E-state index is 4.74. The number of aryl methyl sites for hydroxylation is 1.